The van der Waals surface area contributed by atoms with E-state index in [9.17, 15) is 9.59 Å². The number of amides is 1. The molecule has 1 aliphatic heterocycles. The first-order valence-corrected chi connectivity index (χ1v) is 11.7. The summed E-state index contributed by atoms with van der Waals surface area (Å²) in [6.07, 6.45) is 0. The van der Waals surface area contributed by atoms with Crippen LogP contribution in [0.3, 0.4) is 0 Å². The molecule has 1 amide bonds. The SMILES string of the molecule is CC(C)Cn1c(=O)c2ccccc2n2c(SCC(=O)Nc3ccc4c(c3)OCCO4)nnc12. The number of aromatic nitrogens is 4. The van der Waals surface area contributed by atoms with Gasteiger partial charge < -0.3 is 14.8 Å². The van der Waals surface area contributed by atoms with E-state index in [0.717, 1.165) is 5.52 Å². The van der Waals surface area contributed by atoms with Gasteiger partial charge in [-0.05, 0) is 30.2 Å². The number of para-hydroxylation sites is 1. The lowest BCUT2D eigenvalue weighted by molar-refractivity contribution is -0.113. The molecule has 0 unspecified atom stereocenters. The van der Waals surface area contributed by atoms with E-state index in [1.807, 2.05) is 36.4 Å². The van der Waals surface area contributed by atoms with E-state index >= 15 is 0 Å². The summed E-state index contributed by atoms with van der Waals surface area (Å²) >= 11 is 1.27. The molecule has 2 aromatic heterocycles. The van der Waals surface area contributed by atoms with Gasteiger partial charge in [0.25, 0.3) is 5.56 Å². The highest BCUT2D eigenvalue weighted by Gasteiger charge is 2.18. The second kappa shape index (κ2) is 8.78. The first kappa shape index (κ1) is 21.3. The molecule has 33 heavy (non-hydrogen) atoms. The van der Waals surface area contributed by atoms with Crippen molar-refractivity contribution in [3.63, 3.8) is 0 Å². The maximum atomic E-state index is 13.1. The molecule has 2 aromatic carbocycles. The third-order valence-corrected chi connectivity index (χ3v) is 6.11. The fourth-order valence-corrected chi connectivity index (χ4v) is 4.55. The van der Waals surface area contributed by atoms with Gasteiger partial charge in [-0.2, -0.15) is 0 Å². The molecule has 9 nitrogen and oxygen atoms in total. The zero-order valence-electron chi connectivity index (χ0n) is 18.3. The smallest absolute Gasteiger partial charge is 0.262 e. The monoisotopic (exact) mass is 465 g/mol. The quantitative estimate of drug-likeness (QED) is 0.437. The highest BCUT2D eigenvalue weighted by Crippen LogP contribution is 2.32. The standard InChI is InChI=1S/C23H23N5O4S/c1-14(2)12-27-21(30)16-5-3-4-6-17(16)28-22(27)25-26-23(28)33-13-20(29)24-15-7-8-18-19(11-15)32-10-9-31-18/h3-8,11,14H,9-10,12-13H2,1-2H3,(H,24,29). The minimum Gasteiger partial charge on any atom is -0.486 e. The lowest BCUT2D eigenvalue weighted by atomic mass is 10.2. The van der Waals surface area contributed by atoms with Gasteiger partial charge in [0.2, 0.25) is 11.7 Å². The van der Waals surface area contributed by atoms with Gasteiger partial charge in [-0.25, -0.2) is 0 Å². The van der Waals surface area contributed by atoms with Crippen molar-refractivity contribution in [1.82, 2.24) is 19.2 Å². The Balaban J connectivity index is 1.41. The molecule has 4 aromatic rings. The Hall–Kier alpha value is -3.53. The van der Waals surface area contributed by atoms with Crippen LogP contribution in [0, 0.1) is 5.92 Å². The second-order valence-electron chi connectivity index (χ2n) is 8.14. The molecule has 0 atom stereocenters. The Kier molecular flexibility index (Phi) is 5.67. The molecule has 5 rings (SSSR count). The summed E-state index contributed by atoms with van der Waals surface area (Å²) in [6.45, 7) is 5.62. The fourth-order valence-electron chi connectivity index (χ4n) is 3.81. The zero-order chi connectivity index (χ0) is 22.9. The van der Waals surface area contributed by atoms with Crippen molar-refractivity contribution in [3.8, 4) is 11.5 Å². The molecule has 1 aliphatic rings. The van der Waals surface area contributed by atoms with Crippen molar-refractivity contribution in [2.24, 2.45) is 5.92 Å². The molecular weight excluding hydrogens is 442 g/mol. The summed E-state index contributed by atoms with van der Waals surface area (Å²) in [5, 5.41) is 12.6. The van der Waals surface area contributed by atoms with E-state index < -0.39 is 0 Å². The number of ether oxygens (including phenoxy) is 2. The molecular formula is C23H23N5O4S. The number of thioether (sulfide) groups is 1. The number of anilines is 1. The van der Waals surface area contributed by atoms with E-state index in [4.69, 9.17) is 9.47 Å². The van der Waals surface area contributed by atoms with Gasteiger partial charge in [0, 0.05) is 18.3 Å². The van der Waals surface area contributed by atoms with E-state index in [1.54, 1.807) is 28.8 Å². The summed E-state index contributed by atoms with van der Waals surface area (Å²) in [5.74, 6) is 1.97. The van der Waals surface area contributed by atoms with E-state index in [2.05, 4.69) is 15.5 Å². The Morgan fingerprint density at radius 1 is 1.12 bits per heavy atom. The van der Waals surface area contributed by atoms with Crippen LogP contribution in [0.2, 0.25) is 0 Å². The van der Waals surface area contributed by atoms with Crippen molar-refractivity contribution in [1.29, 1.82) is 0 Å². The topological polar surface area (TPSA) is 99.8 Å². The highest BCUT2D eigenvalue weighted by molar-refractivity contribution is 7.99. The zero-order valence-corrected chi connectivity index (χ0v) is 19.1. The number of carbonyl (C=O) groups is 1. The predicted octanol–water partition coefficient (Wildman–Crippen LogP) is 3.20. The van der Waals surface area contributed by atoms with E-state index in [1.165, 1.54) is 11.8 Å². The van der Waals surface area contributed by atoms with Crippen molar-refractivity contribution < 1.29 is 14.3 Å². The number of benzene rings is 2. The Morgan fingerprint density at radius 3 is 2.73 bits per heavy atom. The molecule has 0 saturated heterocycles. The van der Waals surface area contributed by atoms with Gasteiger partial charge in [-0.15, -0.1) is 10.2 Å². The summed E-state index contributed by atoms with van der Waals surface area (Å²) in [5.41, 5.74) is 1.26. The summed E-state index contributed by atoms with van der Waals surface area (Å²) in [4.78, 5) is 25.7. The largest absolute Gasteiger partial charge is 0.486 e. The number of carbonyl (C=O) groups excluding carboxylic acids is 1. The Morgan fingerprint density at radius 2 is 1.91 bits per heavy atom. The third-order valence-electron chi connectivity index (χ3n) is 5.18. The third kappa shape index (κ3) is 4.13. The van der Waals surface area contributed by atoms with Gasteiger partial charge >= 0.3 is 0 Å². The molecule has 0 saturated carbocycles. The molecule has 1 N–H and O–H groups in total. The van der Waals surface area contributed by atoms with Crippen LogP contribution < -0.4 is 20.3 Å². The van der Waals surface area contributed by atoms with Crippen molar-refractivity contribution >= 4 is 40.0 Å². The van der Waals surface area contributed by atoms with Crippen LogP contribution in [0.1, 0.15) is 13.8 Å². The van der Waals surface area contributed by atoms with Crippen LogP contribution in [-0.2, 0) is 11.3 Å². The summed E-state index contributed by atoms with van der Waals surface area (Å²) in [6, 6.07) is 12.7. The Labute approximate surface area is 193 Å². The molecule has 10 heteroatoms. The van der Waals surface area contributed by atoms with Gasteiger partial charge in [0.15, 0.2) is 16.7 Å². The molecule has 0 spiro atoms. The number of hydrogen-bond acceptors (Lipinski definition) is 7. The van der Waals surface area contributed by atoms with Crippen LogP contribution in [0.25, 0.3) is 16.7 Å². The molecule has 0 aliphatic carbocycles. The molecule has 3 heterocycles. The average molecular weight is 466 g/mol. The van der Waals surface area contributed by atoms with Crippen LogP contribution in [0.5, 0.6) is 11.5 Å². The molecule has 0 radical (unpaired) electrons. The van der Waals surface area contributed by atoms with Gasteiger partial charge in [-0.3, -0.25) is 18.6 Å². The maximum Gasteiger partial charge on any atom is 0.262 e. The first-order valence-electron chi connectivity index (χ1n) is 10.7. The molecule has 0 bridgehead atoms. The van der Waals surface area contributed by atoms with Crippen LogP contribution >= 0.6 is 11.8 Å². The number of rotatable bonds is 6. The molecule has 0 fully saturated rings. The van der Waals surface area contributed by atoms with Gasteiger partial charge in [-0.1, -0.05) is 37.7 Å². The predicted molar refractivity (Wildman–Crippen MR) is 126 cm³/mol. The van der Waals surface area contributed by atoms with E-state index in [0.29, 0.717) is 53.3 Å². The second-order valence-corrected chi connectivity index (χ2v) is 9.08. The lowest BCUT2D eigenvalue weighted by Gasteiger charge is -2.19. The minimum atomic E-state index is -0.187. The minimum absolute atomic E-state index is 0.0906. The first-order chi connectivity index (χ1) is 16.0. The van der Waals surface area contributed by atoms with Crippen LogP contribution in [-0.4, -0.2) is 44.0 Å². The van der Waals surface area contributed by atoms with Crippen molar-refractivity contribution in [2.45, 2.75) is 25.5 Å². The van der Waals surface area contributed by atoms with Crippen molar-refractivity contribution in [2.75, 3.05) is 24.3 Å². The van der Waals surface area contributed by atoms with Crippen LogP contribution in [0.4, 0.5) is 5.69 Å². The summed E-state index contributed by atoms with van der Waals surface area (Å²) in [7, 11) is 0. The van der Waals surface area contributed by atoms with E-state index in [-0.39, 0.29) is 23.1 Å². The number of nitrogens with zero attached hydrogens (tertiary/aromatic N) is 4. The Bertz CT molecular complexity index is 1410. The van der Waals surface area contributed by atoms with Crippen molar-refractivity contribution in [3.05, 3.63) is 52.8 Å². The van der Waals surface area contributed by atoms with Crippen LogP contribution in [0.15, 0.2) is 52.4 Å². The fraction of sp³-hybridized carbons (Fsp3) is 0.304. The number of nitrogens with one attached hydrogen (secondary N) is 1. The molecule has 170 valence electrons. The number of fused-ring (bicyclic) bond motifs is 4. The normalized spacial score (nSPS) is 13.1. The maximum absolute atomic E-state index is 13.1. The highest BCUT2D eigenvalue weighted by atomic mass is 32.2. The van der Waals surface area contributed by atoms with Gasteiger partial charge in [0.1, 0.15) is 13.2 Å². The number of hydrogen-bond donors (Lipinski definition) is 1. The lowest BCUT2D eigenvalue weighted by Crippen LogP contribution is -2.25. The van der Waals surface area contributed by atoms with Gasteiger partial charge in [0.05, 0.1) is 16.7 Å². The average Bonchev–Trinajstić information content (AvgIpc) is 3.24. The summed E-state index contributed by atoms with van der Waals surface area (Å²) < 4.78 is 14.6.